The monoisotopic (exact) mass is 325 g/mol. The fourth-order valence-electron chi connectivity index (χ4n) is 2.57. The zero-order chi connectivity index (χ0) is 17.5. The van der Waals surface area contributed by atoms with Crippen molar-refractivity contribution in [2.45, 2.75) is 40.5 Å². The molecule has 0 radical (unpaired) electrons. The molecule has 0 bridgehead atoms. The van der Waals surface area contributed by atoms with Gasteiger partial charge in [-0.3, -0.25) is 4.79 Å². The van der Waals surface area contributed by atoms with Crippen molar-refractivity contribution in [3.8, 4) is 0 Å². The molecule has 1 amide bonds. The van der Waals surface area contributed by atoms with E-state index in [1.165, 1.54) is 0 Å². The van der Waals surface area contributed by atoms with Crippen molar-refractivity contribution in [3.63, 3.8) is 0 Å². The van der Waals surface area contributed by atoms with E-state index in [0.717, 1.165) is 42.0 Å². The highest BCUT2D eigenvalue weighted by Crippen LogP contribution is 2.23. The number of hydrogen-bond donors (Lipinski definition) is 2. The number of carbonyl (C=O) groups excluding carboxylic acids is 1. The Morgan fingerprint density at radius 3 is 2.38 bits per heavy atom. The predicted molar refractivity (Wildman–Crippen MR) is 101 cm³/mol. The maximum Gasteiger partial charge on any atom is 0.255 e. The Kier molecular flexibility index (Phi) is 6.36. The highest BCUT2D eigenvalue weighted by molar-refractivity contribution is 6.05. The number of benzene rings is 1. The number of nitrogens with zero attached hydrogens (tertiary/aromatic N) is 1. The number of para-hydroxylation sites is 1. The Balaban J connectivity index is 2.20. The van der Waals surface area contributed by atoms with E-state index in [4.69, 9.17) is 0 Å². The topological polar surface area (TPSA) is 54.0 Å². The molecule has 2 rings (SSSR count). The summed E-state index contributed by atoms with van der Waals surface area (Å²) >= 11 is 0. The molecule has 24 heavy (non-hydrogen) atoms. The highest BCUT2D eigenvalue weighted by atomic mass is 16.1. The van der Waals surface area contributed by atoms with Crippen LogP contribution >= 0.6 is 0 Å². The highest BCUT2D eigenvalue weighted by Gasteiger charge is 2.12. The first-order chi connectivity index (χ1) is 11.5. The van der Waals surface area contributed by atoms with E-state index >= 15 is 0 Å². The molecule has 0 atom stereocenters. The van der Waals surface area contributed by atoms with E-state index in [9.17, 15) is 4.79 Å². The van der Waals surface area contributed by atoms with Gasteiger partial charge in [0.15, 0.2) is 0 Å². The number of aromatic nitrogens is 1. The van der Waals surface area contributed by atoms with Crippen molar-refractivity contribution < 1.29 is 4.79 Å². The first-order valence-electron chi connectivity index (χ1n) is 8.67. The summed E-state index contributed by atoms with van der Waals surface area (Å²) in [5.74, 6) is 1.16. The van der Waals surface area contributed by atoms with Crippen LogP contribution in [0.4, 0.5) is 11.5 Å². The average Bonchev–Trinajstić information content (AvgIpc) is 2.60. The lowest BCUT2D eigenvalue weighted by molar-refractivity contribution is 0.102. The lowest BCUT2D eigenvalue weighted by Crippen LogP contribution is -2.16. The van der Waals surface area contributed by atoms with Crippen LogP contribution in [-0.4, -0.2) is 17.4 Å². The molecular formula is C20H27N3O. The standard InChI is InChI=1S/C20H27N3O/c1-5-15-8-7-9-16(6-2)19(15)23-20(24)17-10-11-21-18(12-17)22-13-14(3)4/h7-12,14H,5-6,13H2,1-4H3,(H,21,22)(H,23,24). The molecule has 0 spiro atoms. The minimum atomic E-state index is -0.0967. The number of aryl methyl sites for hydroxylation is 2. The van der Waals surface area contributed by atoms with Crippen molar-refractivity contribution in [1.82, 2.24) is 4.98 Å². The number of carbonyl (C=O) groups is 1. The van der Waals surface area contributed by atoms with Crippen molar-refractivity contribution in [1.29, 1.82) is 0 Å². The molecule has 0 saturated heterocycles. The summed E-state index contributed by atoms with van der Waals surface area (Å²) in [6.45, 7) is 9.31. The average molecular weight is 325 g/mol. The van der Waals surface area contributed by atoms with Crippen LogP contribution in [0, 0.1) is 5.92 Å². The van der Waals surface area contributed by atoms with Crippen LogP contribution in [0.3, 0.4) is 0 Å². The summed E-state index contributed by atoms with van der Waals surface area (Å²) in [7, 11) is 0. The molecule has 0 aliphatic carbocycles. The fraction of sp³-hybridized carbons (Fsp3) is 0.400. The Bertz CT molecular complexity index is 673. The van der Waals surface area contributed by atoms with Gasteiger partial charge in [0.1, 0.15) is 5.82 Å². The molecular weight excluding hydrogens is 298 g/mol. The molecule has 1 aromatic heterocycles. The smallest absolute Gasteiger partial charge is 0.255 e. The number of pyridine rings is 1. The molecule has 1 heterocycles. The van der Waals surface area contributed by atoms with E-state index in [1.807, 2.05) is 6.07 Å². The minimum absolute atomic E-state index is 0.0967. The van der Waals surface area contributed by atoms with Crippen molar-refractivity contribution in [2.24, 2.45) is 5.92 Å². The largest absolute Gasteiger partial charge is 0.370 e. The second kappa shape index (κ2) is 8.48. The van der Waals surface area contributed by atoms with Crippen LogP contribution in [0.25, 0.3) is 0 Å². The third-order valence-corrected chi connectivity index (χ3v) is 3.95. The lowest BCUT2D eigenvalue weighted by atomic mass is 10.0. The van der Waals surface area contributed by atoms with E-state index in [2.05, 4.69) is 55.4 Å². The Hall–Kier alpha value is -2.36. The van der Waals surface area contributed by atoms with Crippen LogP contribution in [0.1, 0.15) is 49.2 Å². The zero-order valence-corrected chi connectivity index (χ0v) is 15.0. The van der Waals surface area contributed by atoms with Crippen LogP contribution < -0.4 is 10.6 Å². The molecule has 4 nitrogen and oxygen atoms in total. The van der Waals surface area contributed by atoms with Gasteiger partial charge in [-0.15, -0.1) is 0 Å². The first kappa shape index (κ1) is 18.0. The minimum Gasteiger partial charge on any atom is -0.370 e. The van der Waals surface area contributed by atoms with Gasteiger partial charge in [-0.25, -0.2) is 4.98 Å². The molecule has 0 saturated carbocycles. The van der Waals surface area contributed by atoms with Crippen molar-refractivity contribution in [3.05, 3.63) is 53.2 Å². The van der Waals surface area contributed by atoms with E-state index in [-0.39, 0.29) is 5.91 Å². The molecule has 128 valence electrons. The van der Waals surface area contributed by atoms with Gasteiger partial charge in [0, 0.05) is 24.0 Å². The fourth-order valence-corrected chi connectivity index (χ4v) is 2.57. The zero-order valence-electron chi connectivity index (χ0n) is 15.0. The van der Waals surface area contributed by atoms with E-state index in [1.54, 1.807) is 18.3 Å². The van der Waals surface area contributed by atoms with Gasteiger partial charge >= 0.3 is 0 Å². The maximum absolute atomic E-state index is 12.7. The van der Waals surface area contributed by atoms with Gasteiger partial charge in [0.05, 0.1) is 0 Å². The molecule has 0 aliphatic rings. The van der Waals surface area contributed by atoms with E-state index < -0.39 is 0 Å². The van der Waals surface area contributed by atoms with Crippen LogP contribution in [0.2, 0.25) is 0 Å². The summed E-state index contributed by atoms with van der Waals surface area (Å²) in [6, 6.07) is 9.73. The summed E-state index contributed by atoms with van der Waals surface area (Å²) < 4.78 is 0. The second-order valence-electron chi connectivity index (χ2n) is 6.32. The van der Waals surface area contributed by atoms with Gasteiger partial charge in [0.2, 0.25) is 0 Å². The molecule has 4 heteroatoms. The number of anilines is 2. The maximum atomic E-state index is 12.7. The predicted octanol–water partition coefficient (Wildman–Crippen LogP) is 4.53. The normalized spacial score (nSPS) is 10.7. The Labute approximate surface area is 144 Å². The summed E-state index contributed by atoms with van der Waals surface area (Å²) in [5.41, 5.74) is 3.88. The van der Waals surface area contributed by atoms with Gasteiger partial charge in [0.25, 0.3) is 5.91 Å². The van der Waals surface area contributed by atoms with Crippen LogP contribution in [0.5, 0.6) is 0 Å². The van der Waals surface area contributed by atoms with Crippen molar-refractivity contribution >= 4 is 17.4 Å². The number of rotatable bonds is 7. The van der Waals surface area contributed by atoms with Gasteiger partial charge < -0.3 is 10.6 Å². The number of nitrogens with one attached hydrogen (secondary N) is 2. The number of amides is 1. The van der Waals surface area contributed by atoms with Crippen LogP contribution in [-0.2, 0) is 12.8 Å². The molecule has 0 unspecified atom stereocenters. The third-order valence-electron chi connectivity index (χ3n) is 3.95. The number of hydrogen-bond acceptors (Lipinski definition) is 3. The van der Waals surface area contributed by atoms with Gasteiger partial charge in [-0.1, -0.05) is 45.9 Å². The SMILES string of the molecule is CCc1cccc(CC)c1NC(=O)c1ccnc(NCC(C)C)c1. The van der Waals surface area contributed by atoms with E-state index in [0.29, 0.717) is 11.5 Å². The Morgan fingerprint density at radius 1 is 1.12 bits per heavy atom. The lowest BCUT2D eigenvalue weighted by Gasteiger charge is -2.15. The van der Waals surface area contributed by atoms with Gasteiger partial charge in [-0.05, 0) is 42.0 Å². The summed E-state index contributed by atoms with van der Waals surface area (Å²) in [5, 5.41) is 6.35. The molecule has 0 aliphatic heterocycles. The molecule has 2 aromatic rings. The Morgan fingerprint density at radius 2 is 1.79 bits per heavy atom. The molecule has 0 fully saturated rings. The van der Waals surface area contributed by atoms with Crippen molar-refractivity contribution in [2.75, 3.05) is 17.2 Å². The van der Waals surface area contributed by atoms with Gasteiger partial charge in [-0.2, -0.15) is 0 Å². The summed E-state index contributed by atoms with van der Waals surface area (Å²) in [6.07, 6.45) is 3.45. The molecule has 1 aromatic carbocycles. The third kappa shape index (κ3) is 4.57. The van der Waals surface area contributed by atoms with Crippen LogP contribution in [0.15, 0.2) is 36.5 Å². The first-order valence-corrected chi connectivity index (χ1v) is 8.67. The molecule has 2 N–H and O–H groups in total. The summed E-state index contributed by atoms with van der Waals surface area (Å²) in [4.78, 5) is 17.0. The quantitative estimate of drug-likeness (QED) is 0.786. The second-order valence-corrected chi connectivity index (χ2v) is 6.32.